The highest BCUT2D eigenvalue weighted by Gasteiger charge is 2.13. The van der Waals surface area contributed by atoms with Crippen molar-refractivity contribution in [2.45, 2.75) is 37.0 Å². The second-order valence-corrected chi connectivity index (χ2v) is 9.14. The third-order valence-corrected chi connectivity index (χ3v) is 6.31. The van der Waals surface area contributed by atoms with E-state index >= 15 is 0 Å². The van der Waals surface area contributed by atoms with E-state index < -0.39 is 16.0 Å². The first-order valence-corrected chi connectivity index (χ1v) is 12.0. The smallest absolute Gasteiger partial charge is 0.303 e. The van der Waals surface area contributed by atoms with Gasteiger partial charge >= 0.3 is 5.97 Å². The number of sulfonamides is 1. The lowest BCUT2D eigenvalue weighted by atomic mass is 10.1. The van der Waals surface area contributed by atoms with Crippen LogP contribution in [0.25, 0.3) is 0 Å². The Labute approximate surface area is 188 Å². The monoisotopic (exact) mass is 453 g/mol. The molecule has 0 fully saturated rings. The molecule has 0 unspecified atom stereocenters. The molecule has 3 aromatic carbocycles. The minimum absolute atomic E-state index is 0.120. The summed E-state index contributed by atoms with van der Waals surface area (Å²) in [6.07, 6.45) is 3.22. The molecule has 32 heavy (non-hydrogen) atoms. The van der Waals surface area contributed by atoms with E-state index in [0.29, 0.717) is 18.7 Å². The fourth-order valence-electron chi connectivity index (χ4n) is 3.23. The maximum atomic E-state index is 12.5. The Hall–Kier alpha value is -3.32. The number of rotatable bonds is 12. The number of aryl methyl sites for hydroxylation is 2. The van der Waals surface area contributed by atoms with Crippen molar-refractivity contribution in [3.05, 3.63) is 90.0 Å². The molecule has 2 N–H and O–H groups in total. The molecule has 3 rings (SSSR count). The van der Waals surface area contributed by atoms with E-state index in [4.69, 9.17) is 9.84 Å². The minimum Gasteiger partial charge on any atom is -0.494 e. The predicted octanol–water partition coefficient (Wildman–Crippen LogP) is 4.91. The standard InChI is InChI=1S/C25H27NO5S/c27-25(28)17-14-20-12-15-23(16-13-20)31-18-5-4-7-21-8-6-9-22(19-21)26-32(29,30)24-10-2-1-3-11-24/h1-3,6,8-13,15-16,19,26H,4-5,7,14,17-18H2,(H,27,28). The Bertz CT molecular complexity index is 1110. The van der Waals surface area contributed by atoms with Crippen LogP contribution in [0.4, 0.5) is 5.69 Å². The van der Waals surface area contributed by atoms with Crippen LogP contribution in [-0.4, -0.2) is 26.1 Å². The molecule has 0 spiro atoms. The first-order chi connectivity index (χ1) is 15.4. The maximum absolute atomic E-state index is 12.5. The van der Waals surface area contributed by atoms with Gasteiger partial charge in [-0.3, -0.25) is 9.52 Å². The second-order valence-electron chi connectivity index (χ2n) is 7.46. The van der Waals surface area contributed by atoms with Gasteiger partial charge in [-0.15, -0.1) is 0 Å². The molecule has 0 heterocycles. The van der Waals surface area contributed by atoms with Gasteiger partial charge in [0.2, 0.25) is 0 Å². The molecule has 7 heteroatoms. The van der Waals surface area contributed by atoms with Crippen molar-refractivity contribution < 1.29 is 23.1 Å². The maximum Gasteiger partial charge on any atom is 0.303 e. The van der Waals surface area contributed by atoms with Crippen molar-refractivity contribution in [3.8, 4) is 5.75 Å². The normalized spacial score (nSPS) is 11.1. The van der Waals surface area contributed by atoms with Crippen molar-refractivity contribution in [1.29, 1.82) is 0 Å². The molecule has 0 aromatic heterocycles. The molecule has 0 aliphatic rings. The van der Waals surface area contributed by atoms with Gasteiger partial charge < -0.3 is 9.84 Å². The summed E-state index contributed by atoms with van der Waals surface area (Å²) >= 11 is 0. The predicted molar refractivity (Wildman–Crippen MR) is 125 cm³/mol. The van der Waals surface area contributed by atoms with Gasteiger partial charge in [-0.1, -0.05) is 42.5 Å². The fraction of sp³-hybridized carbons (Fsp3) is 0.240. The summed E-state index contributed by atoms with van der Waals surface area (Å²) in [4.78, 5) is 10.9. The van der Waals surface area contributed by atoms with Gasteiger partial charge in [0.25, 0.3) is 10.0 Å². The molecule has 0 aliphatic carbocycles. The molecular formula is C25H27NO5S. The van der Waals surface area contributed by atoms with Crippen LogP contribution < -0.4 is 9.46 Å². The van der Waals surface area contributed by atoms with Crippen molar-refractivity contribution in [2.75, 3.05) is 11.3 Å². The number of ether oxygens (including phenoxy) is 1. The molecule has 0 aliphatic heterocycles. The fourth-order valence-corrected chi connectivity index (χ4v) is 4.30. The number of aliphatic carboxylic acids is 1. The van der Waals surface area contributed by atoms with Crippen LogP contribution in [0.2, 0.25) is 0 Å². The zero-order chi connectivity index (χ0) is 22.8. The summed E-state index contributed by atoms with van der Waals surface area (Å²) in [5.41, 5.74) is 2.58. The van der Waals surface area contributed by atoms with E-state index in [9.17, 15) is 13.2 Å². The first-order valence-electron chi connectivity index (χ1n) is 10.5. The van der Waals surface area contributed by atoms with Gasteiger partial charge in [0.05, 0.1) is 11.5 Å². The Morgan fingerprint density at radius 1 is 0.844 bits per heavy atom. The Morgan fingerprint density at radius 3 is 2.31 bits per heavy atom. The van der Waals surface area contributed by atoms with E-state index in [1.807, 2.05) is 42.5 Å². The number of nitrogens with one attached hydrogen (secondary N) is 1. The average molecular weight is 454 g/mol. The number of unbranched alkanes of at least 4 members (excludes halogenated alkanes) is 1. The van der Waals surface area contributed by atoms with Gasteiger partial charge in [0, 0.05) is 12.1 Å². The highest BCUT2D eigenvalue weighted by atomic mass is 32.2. The van der Waals surface area contributed by atoms with E-state index in [1.165, 1.54) is 0 Å². The van der Waals surface area contributed by atoms with E-state index in [1.54, 1.807) is 36.4 Å². The summed E-state index contributed by atoms with van der Waals surface area (Å²) in [5, 5.41) is 8.74. The SMILES string of the molecule is O=C(O)CCc1ccc(OCCCCc2cccc(NS(=O)(=O)c3ccccc3)c2)cc1. The number of hydrogen-bond acceptors (Lipinski definition) is 4. The van der Waals surface area contributed by atoms with Crippen LogP contribution in [0, 0.1) is 0 Å². The summed E-state index contributed by atoms with van der Waals surface area (Å²) in [6.45, 7) is 0.578. The van der Waals surface area contributed by atoms with Crippen molar-refractivity contribution in [1.82, 2.24) is 0 Å². The van der Waals surface area contributed by atoms with Crippen LogP contribution in [0.3, 0.4) is 0 Å². The van der Waals surface area contributed by atoms with Gasteiger partial charge in [0.1, 0.15) is 5.75 Å². The minimum atomic E-state index is -3.60. The average Bonchev–Trinajstić information content (AvgIpc) is 2.79. The Balaban J connectivity index is 1.42. The second kappa shape index (κ2) is 11.3. The third kappa shape index (κ3) is 7.42. The molecule has 0 amide bonds. The molecule has 0 saturated carbocycles. The number of hydrogen-bond donors (Lipinski definition) is 2. The quantitative estimate of drug-likeness (QED) is 0.380. The number of carboxylic acids is 1. The van der Waals surface area contributed by atoms with Gasteiger partial charge in [-0.2, -0.15) is 0 Å². The zero-order valence-corrected chi connectivity index (χ0v) is 18.6. The van der Waals surface area contributed by atoms with Crippen LogP contribution >= 0.6 is 0 Å². The molecular weight excluding hydrogens is 426 g/mol. The van der Waals surface area contributed by atoms with Crippen LogP contribution in [0.15, 0.2) is 83.8 Å². The third-order valence-electron chi connectivity index (χ3n) is 4.91. The number of anilines is 1. The number of carboxylic acid groups (broad SMARTS) is 1. The van der Waals surface area contributed by atoms with E-state index in [0.717, 1.165) is 36.1 Å². The highest BCUT2D eigenvalue weighted by molar-refractivity contribution is 7.92. The largest absolute Gasteiger partial charge is 0.494 e. The molecule has 0 saturated heterocycles. The lowest BCUT2D eigenvalue weighted by Gasteiger charge is -2.10. The number of benzene rings is 3. The lowest BCUT2D eigenvalue weighted by molar-refractivity contribution is -0.136. The Morgan fingerprint density at radius 2 is 1.59 bits per heavy atom. The van der Waals surface area contributed by atoms with Gasteiger partial charge in [-0.25, -0.2) is 8.42 Å². The summed E-state index contributed by atoms with van der Waals surface area (Å²) in [6, 6.07) is 23.2. The summed E-state index contributed by atoms with van der Waals surface area (Å²) in [5.74, 6) is -0.0362. The summed E-state index contributed by atoms with van der Waals surface area (Å²) < 4.78 is 33.3. The molecule has 168 valence electrons. The molecule has 0 radical (unpaired) electrons. The molecule has 6 nitrogen and oxygen atoms in total. The van der Waals surface area contributed by atoms with Crippen molar-refractivity contribution in [2.24, 2.45) is 0 Å². The van der Waals surface area contributed by atoms with E-state index in [-0.39, 0.29) is 11.3 Å². The summed E-state index contributed by atoms with van der Waals surface area (Å²) in [7, 11) is -3.60. The topological polar surface area (TPSA) is 92.7 Å². The van der Waals surface area contributed by atoms with Crippen molar-refractivity contribution >= 4 is 21.7 Å². The van der Waals surface area contributed by atoms with E-state index in [2.05, 4.69) is 4.72 Å². The highest BCUT2D eigenvalue weighted by Crippen LogP contribution is 2.19. The number of carbonyl (C=O) groups is 1. The molecule has 0 atom stereocenters. The molecule has 0 bridgehead atoms. The van der Waals surface area contributed by atoms with Crippen molar-refractivity contribution in [3.63, 3.8) is 0 Å². The Kier molecular flexibility index (Phi) is 8.27. The van der Waals surface area contributed by atoms with Crippen LogP contribution in [0.1, 0.15) is 30.4 Å². The zero-order valence-electron chi connectivity index (χ0n) is 17.7. The van der Waals surface area contributed by atoms with Crippen LogP contribution in [-0.2, 0) is 27.7 Å². The van der Waals surface area contributed by atoms with Crippen LogP contribution in [0.5, 0.6) is 5.75 Å². The lowest BCUT2D eigenvalue weighted by Crippen LogP contribution is -2.12. The molecule has 3 aromatic rings. The van der Waals surface area contributed by atoms with Gasteiger partial charge in [-0.05, 0) is 73.2 Å². The van der Waals surface area contributed by atoms with Gasteiger partial charge in [0.15, 0.2) is 0 Å². The first kappa shape index (κ1) is 23.3.